The number of hydrogen-bond acceptors (Lipinski definition) is 3. The van der Waals surface area contributed by atoms with Crippen LogP contribution in [0.3, 0.4) is 0 Å². The number of rotatable bonds is 3. The first-order valence-corrected chi connectivity index (χ1v) is 5.28. The zero-order valence-electron chi connectivity index (χ0n) is 10.5. The Hall–Kier alpha value is -1.51. The Bertz CT molecular complexity index is 394. The summed E-state index contributed by atoms with van der Waals surface area (Å²) in [7, 11) is 3.03. The van der Waals surface area contributed by atoms with Crippen LogP contribution < -0.4 is 4.74 Å². The molecule has 0 N–H and O–H groups in total. The minimum Gasteiger partial charge on any atom is -0.496 e. The van der Waals surface area contributed by atoms with Gasteiger partial charge in [0.25, 0.3) is 0 Å². The number of esters is 1. The summed E-state index contributed by atoms with van der Waals surface area (Å²) in [4.78, 5) is 11.5. The second kappa shape index (κ2) is 5.01. The first-order valence-electron chi connectivity index (χ1n) is 5.28. The van der Waals surface area contributed by atoms with Crippen molar-refractivity contribution in [2.45, 2.75) is 26.7 Å². The van der Waals surface area contributed by atoms with Gasteiger partial charge in [0.1, 0.15) is 5.75 Å². The molecule has 0 aliphatic rings. The monoisotopic (exact) mass is 222 g/mol. The lowest BCUT2D eigenvalue weighted by atomic mass is 9.96. The maximum absolute atomic E-state index is 11.5. The van der Waals surface area contributed by atoms with Crippen LogP contribution in [0.25, 0.3) is 0 Å². The van der Waals surface area contributed by atoms with Crippen LogP contribution in [-0.2, 0) is 4.74 Å². The summed E-state index contributed by atoms with van der Waals surface area (Å²) in [6.07, 6.45) is 0. The molecule has 88 valence electrons. The summed E-state index contributed by atoms with van der Waals surface area (Å²) < 4.78 is 10.0. The van der Waals surface area contributed by atoms with E-state index in [1.165, 1.54) is 7.11 Å². The lowest BCUT2D eigenvalue weighted by Crippen LogP contribution is -2.06. The van der Waals surface area contributed by atoms with Crippen molar-refractivity contribution in [3.05, 3.63) is 28.8 Å². The Morgan fingerprint density at radius 2 is 1.88 bits per heavy atom. The smallest absolute Gasteiger partial charge is 0.338 e. The summed E-state index contributed by atoms with van der Waals surface area (Å²) in [5.74, 6) is 0.821. The fraction of sp³-hybridized carbons (Fsp3) is 0.462. The Kier molecular flexibility index (Phi) is 3.93. The molecule has 1 aromatic carbocycles. The highest BCUT2D eigenvalue weighted by Gasteiger charge is 2.15. The maximum Gasteiger partial charge on any atom is 0.338 e. The van der Waals surface area contributed by atoms with Gasteiger partial charge in [-0.3, -0.25) is 0 Å². The van der Waals surface area contributed by atoms with Crippen molar-refractivity contribution in [1.29, 1.82) is 0 Å². The van der Waals surface area contributed by atoms with Crippen LogP contribution in [0, 0.1) is 6.92 Å². The molecule has 3 nitrogen and oxygen atoms in total. The normalized spacial score (nSPS) is 10.4. The van der Waals surface area contributed by atoms with E-state index in [0.717, 1.165) is 16.9 Å². The average Bonchev–Trinajstić information content (AvgIpc) is 2.27. The molecule has 0 saturated carbocycles. The number of methoxy groups -OCH3 is 2. The SMILES string of the molecule is COC(=O)c1cc(C(C)C)c(OC)cc1C. The van der Waals surface area contributed by atoms with Crippen LogP contribution in [0.4, 0.5) is 0 Å². The molecule has 0 atom stereocenters. The number of benzene rings is 1. The van der Waals surface area contributed by atoms with Crippen molar-refractivity contribution in [2.75, 3.05) is 14.2 Å². The van der Waals surface area contributed by atoms with Crippen molar-refractivity contribution in [3.8, 4) is 5.75 Å². The van der Waals surface area contributed by atoms with E-state index >= 15 is 0 Å². The van der Waals surface area contributed by atoms with E-state index in [1.807, 2.05) is 19.1 Å². The quantitative estimate of drug-likeness (QED) is 0.738. The third-order valence-electron chi connectivity index (χ3n) is 2.60. The molecule has 0 bridgehead atoms. The molecular formula is C13H18O3. The Labute approximate surface area is 96.4 Å². The Morgan fingerprint density at radius 3 is 2.31 bits per heavy atom. The van der Waals surface area contributed by atoms with Crippen molar-refractivity contribution in [2.24, 2.45) is 0 Å². The number of aryl methyl sites for hydroxylation is 1. The Morgan fingerprint density at radius 1 is 1.25 bits per heavy atom. The van der Waals surface area contributed by atoms with Crippen molar-refractivity contribution >= 4 is 5.97 Å². The zero-order valence-corrected chi connectivity index (χ0v) is 10.5. The van der Waals surface area contributed by atoms with Crippen LogP contribution in [0.15, 0.2) is 12.1 Å². The van der Waals surface area contributed by atoms with E-state index in [-0.39, 0.29) is 5.97 Å². The average molecular weight is 222 g/mol. The van der Waals surface area contributed by atoms with Gasteiger partial charge in [-0.15, -0.1) is 0 Å². The molecule has 16 heavy (non-hydrogen) atoms. The third-order valence-corrected chi connectivity index (χ3v) is 2.60. The van der Waals surface area contributed by atoms with Crippen LogP contribution in [-0.4, -0.2) is 20.2 Å². The van der Waals surface area contributed by atoms with Crippen molar-refractivity contribution < 1.29 is 14.3 Å². The fourth-order valence-corrected chi connectivity index (χ4v) is 1.66. The molecule has 0 amide bonds. The topological polar surface area (TPSA) is 35.5 Å². The molecule has 0 radical (unpaired) electrons. The summed E-state index contributed by atoms with van der Waals surface area (Å²) in [5.41, 5.74) is 2.49. The van der Waals surface area contributed by atoms with E-state index in [0.29, 0.717) is 11.5 Å². The Balaban J connectivity index is 3.33. The molecule has 0 aliphatic heterocycles. The first kappa shape index (κ1) is 12.6. The van der Waals surface area contributed by atoms with Gasteiger partial charge in [-0.05, 0) is 36.1 Å². The number of hydrogen-bond donors (Lipinski definition) is 0. The summed E-state index contributed by atoms with van der Waals surface area (Å²) in [5, 5.41) is 0. The molecule has 0 fully saturated rings. The van der Waals surface area contributed by atoms with Gasteiger partial charge in [0, 0.05) is 0 Å². The predicted molar refractivity (Wildman–Crippen MR) is 63.2 cm³/mol. The van der Waals surface area contributed by atoms with Gasteiger partial charge < -0.3 is 9.47 Å². The molecule has 1 rings (SSSR count). The molecule has 3 heteroatoms. The van der Waals surface area contributed by atoms with Gasteiger partial charge in [-0.1, -0.05) is 13.8 Å². The molecule has 0 aliphatic carbocycles. The van der Waals surface area contributed by atoms with Crippen molar-refractivity contribution in [1.82, 2.24) is 0 Å². The van der Waals surface area contributed by atoms with Crippen LogP contribution in [0.2, 0.25) is 0 Å². The van der Waals surface area contributed by atoms with E-state index in [1.54, 1.807) is 7.11 Å². The summed E-state index contributed by atoms with van der Waals surface area (Å²) in [6, 6.07) is 3.73. The van der Waals surface area contributed by atoms with Crippen LogP contribution in [0.1, 0.15) is 41.3 Å². The minimum atomic E-state index is -0.304. The second-order valence-electron chi connectivity index (χ2n) is 4.06. The molecule has 0 spiro atoms. The van der Waals surface area contributed by atoms with E-state index < -0.39 is 0 Å². The van der Waals surface area contributed by atoms with Crippen LogP contribution in [0.5, 0.6) is 5.75 Å². The molecule has 0 aromatic heterocycles. The largest absolute Gasteiger partial charge is 0.496 e. The zero-order chi connectivity index (χ0) is 12.3. The molecular weight excluding hydrogens is 204 g/mol. The lowest BCUT2D eigenvalue weighted by Gasteiger charge is -2.15. The van der Waals surface area contributed by atoms with Crippen LogP contribution >= 0.6 is 0 Å². The summed E-state index contributed by atoms with van der Waals surface area (Å²) in [6.45, 7) is 6.00. The fourth-order valence-electron chi connectivity index (χ4n) is 1.66. The molecule has 0 heterocycles. The third kappa shape index (κ3) is 2.35. The first-order chi connectivity index (χ1) is 7.51. The van der Waals surface area contributed by atoms with Gasteiger partial charge in [0.05, 0.1) is 19.8 Å². The molecule has 0 unspecified atom stereocenters. The van der Waals surface area contributed by atoms with Gasteiger partial charge in [0.2, 0.25) is 0 Å². The number of ether oxygens (including phenoxy) is 2. The second-order valence-corrected chi connectivity index (χ2v) is 4.06. The lowest BCUT2D eigenvalue weighted by molar-refractivity contribution is 0.0599. The summed E-state index contributed by atoms with van der Waals surface area (Å²) >= 11 is 0. The van der Waals surface area contributed by atoms with Gasteiger partial charge >= 0.3 is 5.97 Å². The van der Waals surface area contributed by atoms with E-state index in [4.69, 9.17) is 9.47 Å². The molecule has 0 saturated heterocycles. The standard InChI is InChI=1S/C13H18O3/c1-8(2)10-7-11(13(14)16-5)9(3)6-12(10)15-4/h6-8H,1-5H3. The van der Waals surface area contributed by atoms with Gasteiger partial charge in [-0.2, -0.15) is 0 Å². The van der Waals surface area contributed by atoms with E-state index in [2.05, 4.69) is 13.8 Å². The predicted octanol–water partition coefficient (Wildman–Crippen LogP) is 2.91. The molecule has 1 aromatic rings. The minimum absolute atomic E-state index is 0.304. The van der Waals surface area contributed by atoms with E-state index in [9.17, 15) is 4.79 Å². The van der Waals surface area contributed by atoms with Gasteiger partial charge in [0.15, 0.2) is 0 Å². The number of carbonyl (C=O) groups is 1. The maximum atomic E-state index is 11.5. The number of carbonyl (C=O) groups excluding carboxylic acids is 1. The van der Waals surface area contributed by atoms with Gasteiger partial charge in [-0.25, -0.2) is 4.79 Å². The highest BCUT2D eigenvalue weighted by atomic mass is 16.5. The highest BCUT2D eigenvalue weighted by molar-refractivity contribution is 5.91. The highest BCUT2D eigenvalue weighted by Crippen LogP contribution is 2.29. The van der Waals surface area contributed by atoms with Crippen molar-refractivity contribution in [3.63, 3.8) is 0 Å².